The number of nitro benzene ring substituents is 1. The highest BCUT2D eigenvalue weighted by Crippen LogP contribution is 2.60. The summed E-state index contributed by atoms with van der Waals surface area (Å²) in [5, 5.41) is 13.9. The van der Waals surface area contributed by atoms with Gasteiger partial charge in [0, 0.05) is 17.2 Å². The van der Waals surface area contributed by atoms with Crippen molar-refractivity contribution in [1.82, 2.24) is 0 Å². The lowest BCUT2D eigenvalue weighted by Gasteiger charge is -2.34. The molecule has 2 aromatic rings. The molecule has 0 radical (unpaired) electrons. The van der Waals surface area contributed by atoms with Gasteiger partial charge < -0.3 is 19.1 Å². The molecule has 0 fully saturated rings. The van der Waals surface area contributed by atoms with Gasteiger partial charge in [-0.3, -0.25) is 14.7 Å². The lowest BCUT2D eigenvalue weighted by atomic mass is 10.2. The average molecular weight is 477 g/mol. The molecular weight excluding hydrogens is 454 g/mol. The lowest BCUT2D eigenvalue weighted by Crippen LogP contribution is -2.33. The lowest BCUT2D eigenvalue weighted by molar-refractivity contribution is -0.384. The summed E-state index contributed by atoms with van der Waals surface area (Å²) in [6, 6.07) is 8.85. The van der Waals surface area contributed by atoms with Gasteiger partial charge in [0.1, 0.15) is 22.5 Å². The minimum atomic E-state index is -3.64. The van der Waals surface area contributed by atoms with Gasteiger partial charge in [0.25, 0.3) is 5.69 Å². The molecule has 0 aliphatic carbocycles. The second-order valence-corrected chi connectivity index (χ2v) is 10.1. The van der Waals surface area contributed by atoms with Crippen molar-refractivity contribution in [2.75, 3.05) is 18.5 Å². The molecule has 0 aliphatic rings. The molecule has 0 aliphatic heterocycles. The predicted molar refractivity (Wildman–Crippen MR) is 118 cm³/mol. The Bertz CT molecular complexity index is 960. The van der Waals surface area contributed by atoms with E-state index in [1.165, 1.54) is 24.3 Å². The summed E-state index contributed by atoms with van der Waals surface area (Å²) < 4.78 is 29.8. The van der Waals surface area contributed by atoms with E-state index in [1.54, 1.807) is 39.8 Å². The Kier molecular flexibility index (Phi) is 8.13. The first-order valence-corrected chi connectivity index (χ1v) is 11.4. The Morgan fingerprint density at radius 2 is 1.73 bits per heavy atom. The van der Waals surface area contributed by atoms with Crippen LogP contribution in [0.25, 0.3) is 0 Å². The zero-order chi connectivity index (χ0) is 22.5. The molecule has 8 nitrogen and oxygen atoms in total. The van der Waals surface area contributed by atoms with Gasteiger partial charge in [0.2, 0.25) is 0 Å². The second kappa shape index (κ2) is 9.98. The molecule has 0 heterocycles. The maximum Gasteiger partial charge on any atom is 0.355 e. The summed E-state index contributed by atoms with van der Waals surface area (Å²) in [5.41, 5.74) is -0.135. The smallest absolute Gasteiger partial charge is 0.355 e. The summed E-state index contributed by atoms with van der Waals surface area (Å²) in [4.78, 5) is 11.0. The number of nitrogens with one attached hydrogen (secondary N) is 1. The van der Waals surface area contributed by atoms with Gasteiger partial charge in [-0.2, -0.15) is 0 Å². The molecule has 0 spiro atoms. The standard InChI is InChI=1S/C19H23Cl2N2O6P/c1-5-27-30(26,28-6-2)19(3,4)22-16-12-14(8-9-17(16)23(24)25)29-18-10-7-13(20)11-15(18)21/h7-12,22H,5-6H2,1-4H3. The van der Waals surface area contributed by atoms with E-state index in [4.69, 9.17) is 37.0 Å². The average Bonchev–Trinajstić information content (AvgIpc) is 2.64. The first-order valence-electron chi connectivity index (χ1n) is 9.11. The summed E-state index contributed by atoms with van der Waals surface area (Å²) in [7, 11) is -3.64. The summed E-state index contributed by atoms with van der Waals surface area (Å²) in [6.45, 7) is 6.87. The van der Waals surface area contributed by atoms with Gasteiger partial charge in [-0.05, 0) is 52.0 Å². The Morgan fingerprint density at radius 3 is 2.27 bits per heavy atom. The number of hydrogen-bond donors (Lipinski definition) is 1. The number of halogens is 2. The fourth-order valence-electron chi connectivity index (χ4n) is 2.62. The Morgan fingerprint density at radius 1 is 1.10 bits per heavy atom. The van der Waals surface area contributed by atoms with E-state index >= 15 is 0 Å². The van der Waals surface area contributed by atoms with Crippen LogP contribution in [0.1, 0.15) is 27.7 Å². The third-order valence-corrected chi connectivity index (χ3v) is 7.22. The zero-order valence-corrected chi connectivity index (χ0v) is 19.4. The molecule has 30 heavy (non-hydrogen) atoms. The second-order valence-electron chi connectivity index (χ2n) is 6.63. The summed E-state index contributed by atoms with van der Waals surface area (Å²) >= 11 is 12.0. The highest BCUT2D eigenvalue weighted by molar-refractivity contribution is 7.55. The van der Waals surface area contributed by atoms with Crippen LogP contribution in [0.3, 0.4) is 0 Å². The van der Waals surface area contributed by atoms with Crippen LogP contribution in [0.15, 0.2) is 36.4 Å². The summed E-state index contributed by atoms with van der Waals surface area (Å²) in [5.74, 6) is 0.611. The molecule has 0 saturated carbocycles. The van der Waals surface area contributed by atoms with Crippen molar-refractivity contribution in [3.63, 3.8) is 0 Å². The highest BCUT2D eigenvalue weighted by Gasteiger charge is 2.44. The molecule has 0 aromatic heterocycles. The van der Waals surface area contributed by atoms with Gasteiger partial charge >= 0.3 is 7.60 Å². The Labute approximate surface area is 185 Å². The van der Waals surface area contributed by atoms with Gasteiger partial charge in [0.15, 0.2) is 0 Å². The monoisotopic (exact) mass is 476 g/mol. The van der Waals surface area contributed by atoms with Crippen LogP contribution in [0.5, 0.6) is 11.5 Å². The SMILES string of the molecule is CCOP(=O)(OCC)C(C)(C)Nc1cc(Oc2ccc(Cl)cc2Cl)ccc1[N+](=O)[O-]. The minimum absolute atomic E-state index is 0.0900. The van der Waals surface area contributed by atoms with Crippen LogP contribution in [-0.2, 0) is 13.6 Å². The number of ether oxygens (including phenoxy) is 1. The predicted octanol–water partition coefficient (Wildman–Crippen LogP) is 7.11. The fraction of sp³-hybridized carbons (Fsp3) is 0.368. The number of nitrogens with zero attached hydrogens (tertiary/aromatic N) is 1. The maximum absolute atomic E-state index is 13.2. The van der Waals surface area contributed by atoms with Gasteiger partial charge in [0.05, 0.1) is 23.2 Å². The van der Waals surface area contributed by atoms with Crippen molar-refractivity contribution < 1.29 is 23.3 Å². The molecule has 0 unspecified atom stereocenters. The first kappa shape index (κ1) is 24.4. The molecule has 0 amide bonds. The maximum atomic E-state index is 13.2. The number of benzene rings is 2. The van der Waals surface area contributed by atoms with Crippen molar-refractivity contribution in [1.29, 1.82) is 0 Å². The van der Waals surface area contributed by atoms with Crippen molar-refractivity contribution in [2.24, 2.45) is 0 Å². The van der Waals surface area contributed by atoms with E-state index in [2.05, 4.69) is 5.32 Å². The molecule has 0 atom stereocenters. The van der Waals surface area contributed by atoms with Crippen molar-refractivity contribution >= 4 is 42.2 Å². The van der Waals surface area contributed by atoms with E-state index in [0.717, 1.165) is 0 Å². The van der Waals surface area contributed by atoms with Crippen LogP contribution >= 0.6 is 30.8 Å². The molecule has 0 bridgehead atoms. The third-order valence-electron chi connectivity index (χ3n) is 4.01. The van der Waals surface area contributed by atoms with Gasteiger partial charge in [-0.15, -0.1) is 0 Å². The van der Waals surface area contributed by atoms with E-state index in [9.17, 15) is 14.7 Å². The Hall–Kier alpha value is -1.83. The number of nitro groups is 1. The molecular formula is C19H23Cl2N2O6P. The normalized spacial score (nSPS) is 11.9. The molecule has 0 saturated heterocycles. The molecule has 2 rings (SSSR count). The number of anilines is 1. The van der Waals surface area contributed by atoms with E-state index in [-0.39, 0.29) is 35.4 Å². The van der Waals surface area contributed by atoms with Crippen molar-refractivity contribution in [3.05, 3.63) is 56.6 Å². The molecule has 1 N–H and O–H groups in total. The minimum Gasteiger partial charge on any atom is -0.456 e. The van der Waals surface area contributed by atoms with E-state index < -0.39 is 17.8 Å². The number of hydrogen-bond acceptors (Lipinski definition) is 7. The van der Waals surface area contributed by atoms with Gasteiger partial charge in [-0.1, -0.05) is 23.2 Å². The largest absolute Gasteiger partial charge is 0.456 e. The van der Waals surface area contributed by atoms with Crippen molar-refractivity contribution in [2.45, 2.75) is 33.0 Å². The van der Waals surface area contributed by atoms with Crippen LogP contribution in [0.2, 0.25) is 10.0 Å². The topological polar surface area (TPSA) is 99.9 Å². The first-order chi connectivity index (χ1) is 14.0. The molecule has 2 aromatic carbocycles. The van der Waals surface area contributed by atoms with Crippen molar-refractivity contribution in [3.8, 4) is 11.5 Å². The fourth-order valence-corrected chi connectivity index (χ4v) is 4.73. The van der Waals surface area contributed by atoms with Crippen LogP contribution in [-0.4, -0.2) is 23.4 Å². The quantitative estimate of drug-likeness (QED) is 0.221. The molecule has 164 valence electrons. The number of rotatable bonds is 10. The van der Waals surface area contributed by atoms with E-state index in [0.29, 0.717) is 10.8 Å². The molecule has 11 heteroatoms. The summed E-state index contributed by atoms with van der Waals surface area (Å²) in [6.07, 6.45) is 0. The van der Waals surface area contributed by atoms with E-state index in [1.807, 2.05) is 0 Å². The van der Waals surface area contributed by atoms with Crippen LogP contribution in [0.4, 0.5) is 11.4 Å². The van der Waals surface area contributed by atoms with Gasteiger partial charge in [-0.25, -0.2) is 0 Å². The zero-order valence-electron chi connectivity index (χ0n) is 17.0. The highest BCUT2D eigenvalue weighted by atomic mass is 35.5. The van der Waals surface area contributed by atoms with Crippen LogP contribution < -0.4 is 10.1 Å². The van der Waals surface area contributed by atoms with Crippen LogP contribution in [0, 0.1) is 10.1 Å². The third kappa shape index (κ3) is 5.65. The Balaban J connectivity index is 2.43.